The van der Waals surface area contributed by atoms with E-state index in [9.17, 15) is 8.42 Å². The molecule has 4 nitrogen and oxygen atoms in total. The highest BCUT2D eigenvalue weighted by Crippen LogP contribution is 2.20. The monoisotopic (exact) mass is 266 g/mol. The molecule has 0 aromatic heterocycles. The van der Waals surface area contributed by atoms with Crippen molar-refractivity contribution in [2.45, 2.75) is 37.6 Å². The minimum Gasteiger partial charge on any atom is -0.398 e. The molecule has 0 bridgehead atoms. The van der Waals surface area contributed by atoms with Gasteiger partial charge in [0.15, 0.2) is 0 Å². The highest BCUT2D eigenvalue weighted by atomic mass is 32.2. The van der Waals surface area contributed by atoms with Gasteiger partial charge in [-0.3, -0.25) is 0 Å². The summed E-state index contributed by atoms with van der Waals surface area (Å²) in [6.45, 7) is 3.73. The molecular weight excluding hydrogens is 248 g/mol. The Morgan fingerprint density at radius 1 is 1.50 bits per heavy atom. The van der Waals surface area contributed by atoms with Crippen molar-refractivity contribution >= 4 is 15.7 Å². The zero-order valence-electron chi connectivity index (χ0n) is 10.6. The third-order valence-corrected chi connectivity index (χ3v) is 4.23. The number of nitrogens with two attached hydrogens (primary N) is 1. The molecule has 1 unspecified atom stereocenters. The molecule has 0 aliphatic carbocycles. The van der Waals surface area contributed by atoms with Gasteiger partial charge in [0, 0.05) is 12.5 Å². The van der Waals surface area contributed by atoms with Crippen molar-refractivity contribution in [3.8, 4) is 12.3 Å². The van der Waals surface area contributed by atoms with E-state index in [1.165, 1.54) is 6.07 Å². The Balaban J connectivity index is 3.03. The fourth-order valence-corrected chi connectivity index (χ4v) is 3.04. The van der Waals surface area contributed by atoms with Crippen LogP contribution in [-0.2, 0) is 10.0 Å². The number of rotatable bonds is 5. The summed E-state index contributed by atoms with van der Waals surface area (Å²) in [5.41, 5.74) is 6.91. The molecule has 1 aromatic carbocycles. The van der Waals surface area contributed by atoms with E-state index < -0.39 is 10.0 Å². The fraction of sp³-hybridized carbons (Fsp3) is 0.385. The lowest BCUT2D eigenvalue weighted by atomic mass is 10.2. The number of benzene rings is 1. The van der Waals surface area contributed by atoms with Gasteiger partial charge in [-0.1, -0.05) is 13.0 Å². The van der Waals surface area contributed by atoms with E-state index in [0.717, 1.165) is 5.56 Å². The van der Waals surface area contributed by atoms with Gasteiger partial charge < -0.3 is 5.73 Å². The summed E-state index contributed by atoms with van der Waals surface area (Å²) in [5, 5.41) is 0. The number of anilines is 1. The predicted octanol–water partition coefficient (Wildman–Crippen LogP) is 1.66. The van der Waals surface area contributed by atoms with Gasteiger partial charge >= 0.3 is 0 Å². The first-order valence-electron chi connectivity index (χ1n) is 5.72. The second kappa shape index (κ2) is 5.89. The van der Waals surface area contributed by atoms with Crippen molar-refractivity contribution in [1.29, 1.82) is 0 Å². The van der Waals surface area contributed by atoms with Crippen molar-refractivity contribution in [3.63, 3.8) is 0 Å². The largest absolute Gasteiger partial charge is 0.398 e. The topological polar surface area (TPSA) is 72.2 Å². The number of nitrogen functional groups attached to an aromatic ring is 1. The van der Waals surface area contributed by atoms with Crippen molar-refractivity contribution in [2.75, 3.05) is 5.73 Å². The zero-order valence-corrected chi connectivity index (χ0v) is 11.4. The van der Waals surface area contributed by atoms with Crippen LogP contribution in [0.4, 0.5) is 5.69 Å². The molecule has 0 aliphatic heterocycles. The summed E-state index contributed by atoms with van der Waals surface area (Å²) in [6, 6.07) is 4.60. The summed E-state index contributed by atoms with van der Waals surface area (Å²) >= 11 is 0. The van der Waals surface area contributed by atoms with E-state index in [-0.39, 0.29) is 16.6 Å². The summed E-state index contributed by atoms with van der Waals surface area (Å²) in [5.74, 6) is 2.46. The van der Waals surface area contributed by atoms with E-state index in [1.54, 1.807) is 12.1 Å². The number of aryl methyl sites for hydroxylation is 1. The van der Waals surface area contributed by atoms with Crippen LogP contribution in [0.1, 0.15) is 25.3 Å². The van der Waals surface area contributed by atoms with Crippen molar-refractivity contribution < 1.29 is 8.42 Å². The Morgan fingerprint density at radius 3 is 2.67 bits per heavy atom. The Morgan fingerprint density at radius 2 is 2.17 bits per heavy atom. The summed E-state index contributed by atoms with van der Waals surface area (Å²) in [7, 11) is -3.61. The van der Waals surface area contributed by atoms with Crippen molar-refractivity contribution in [3.05, 3.63) is 23.8 Å². The quantitative estimate of drug-likeness (QED) is 0.629. The summed E-state index contributed by atoms with van der Waals surface area (Å²) in [4.78, 5) is 0.101. The van der Waals surface area contributed by atoms with Crippen LogP contribution < -0.4 is 10.5 Å². The van der Waals surface area contributed by atoms with E-state index >= 15 is 0 Å². The SMILES string of the molecule is C#CCC(CC)NS(=O)(=O)c1ccc(C)cc1N. The molecular formula is C13H18N2O2S. The van der Waals surface area contributed by atoms with Crippen LogP contribution in [0, 0.1) is 19.3 Å². The van der Waals surface area contributed by atoms with Crippen LogP contribution in [0.5, 0.6) is 0 Å². The number of nitrogens with one attached hydrogen (secondary N) is 1. The highest BCUT2D eigenvalue weighted by Gasteiger charge is 2.20. The maximum atomic E-state index is 12.1. The Hall–Kier alpha value is -1.51. The van der Waals surface area contributed by atoms with E-state index in [1.807, 2.05) is 13.8 Å². The lowest BCUT2D eigenvalue weighted by Crippen LogP contribution is -2.34. The van der Waals surface area contributed by atoms with Gasteiger partial charge in [-0.2, -0.15) is 0 Å². The minimum absolute atomic E-state index is 0.101. The molecule has 98 valence electrons. The Bertz CT molecular complexity index is 559. The first-order valence-corrected chi connectivity index (χ1v) is 7.21. The van der Waals surface area contributed by atoms with Gasteiger partial charge in [-0.25, -0.2) is 13.1 Å². The molecule has 0 fully saturated rings. The molecule has 0 saturated carbocycles. The standard InChI is InChI=1S/C13H18N2O2S/c1-4-6-11(5-2)15-18(16,17)13-8-7-10(3)9-12(13)14/h1,7-9,11,15H,5-6,14H2,2-3H3. The van der Waals surface area contributed by atoms with Gasteiger partial charge in [-0.05, 0) is 31.0 Å². The molecule has 0 radical (unpaired) electrons. The lowest BCUT2D eigenvalue weighted by Gasteiger charge is -2.15. The van der Waals surface area contributed by atoms with Crippen molar-refractivity contribution in [2.24, 2.45) is 0 Å². The average Bonchev–Trinajstić information content (AvgIpc) is 2.27. The normalized spacial score (nSPS) is 12.9. The van der Waals surface area contributed by atoms with Crippen LogP contribution in [-0.4, -0.2) is 14.5 Å². The minimum atomic E-state index is -3.61. The third kappa shape index (κ3) is 3.49. The molecule has 1 aromatic rings. The Labute approximate surface area is 109 Å². The average molecular weight is 266 g/mol. The smallest absolute Gasteiger partial charge is 0.242 e. The first-order chi connectivity index (χ1) is 8.40. The van der Waals surface area contributed by atoms with Crippen LogP contribution >= 0.6 is 0 Å². The number of hydrogen-bond donors (Lipinski definition) is 2. The van der Waals surface area contributed by atoms with E-state index in [0.29, 0.717) is 12.8 Å². The van der Waals surface area contributed by atoms with Gasteiger partial charge in [0.2, 0.25) is 10.0 Å². The molecule has 1 atom stereocenters. The fourth-order valence-electron chi connectivity index (χ4n) is 1.61. The molecule has 0 spiro atoms. The number of hydrogen-bond acceptors (Lipinski definition) is 3. The predicted molar refractivity (Wildman–Crippen MR) is 73.4 cm³/mol. The molecule has 0 aliphatic rings. The van der Waals surface area contributed by atoms with Gasteiger partial charge in [-0.15, -0.1) is 12.3 Å². The molecule has 1 rings (SSSR count). The van der Waals surface area contributed by atoms with E-state index in [2.05, 4.69) is 10.6 Å². The Kier molecular flexibility index (Phi) is 4.76. The molecule has 0 saturated heterocycles. The van der Waals surface area contributed by atoms with Crippen LogP contribution in [0.15, 0.2) is 23.1 Å². The van der Waals surface area contributed by atoms with E-state index in [4.69, 9.17) is 12.2 Å². The molecule has 3 N–H and O–H groups in total. The second-order valence-corrected chi connectivity index (χ2v) is 5.86. The first kappa shape index (κ1) is 14.6. The van der Waals surface area contributed by atoms with Gasteiger partial charge in [0.25, 0.3) is 0 Å². The number of sulfonamides is 1. The summed E-state index contributed by atoms with van der Waals surface area (Å²) in [6.07, 6.45) is 6.20. The third-order valence-electron chi connectivity index (χ3n) is 2.63. The maximum Gasteiger partial charge on any atom is 0.242 e. The molecule has 5 heteroatoms. The zero-order chi connectivity index (χ0) is 13.8. The number of terminal acetylenes is 1. The van der Waals surface area contributed by atoms with Crippen LogP contribution in [0.3, 0.4) is 0 Å². The molecule has 18 heavy (non-hydrogen) atoms. The lowest BCUT2D eigenvalue weighted by molar-refractivity contribution is 0.544. The summed E-state index contributed by atoms with van der Waals surface area (Å²) < 4.78 is 26.9. The maximum absolute atomic E-state index is 12.1. The van der Waals surface area contributed by atoms with Crippen LogP contribution in [0.2, 0.25) is 0 Å². The highest BCUT2D eigenvalue weighted by molar-refractivity contribution is 7.89. The van der Waals surface area contributed by atoms with Gasteiger partial charge in [0.05, 0.1) is 5.69 Å². The molecule has 0 heterocycles. The van der Waals surface area contributed by atoms with Crippen LogP contribution in [0.25, 0.3) is 0 Å². The second-order valence-electron chi connectivity index (χ2n) is 4.18. The van der Waals surface area contributed by atoms with Gasteiger partial charge in [0.1, 0.15) is 4.90 Å². The molecule has 0 amide bonds. The van der Waals surface area contributed by atoms with Crippen molar-refractivity contribution in [1.82, 2.24) is 4.72 Å².